The number of rotatable bonds is 6. The summed E-state index contributed by atoms with van der Waals surface area (Å²) in [6.45, 7) is 2.67. The second kappa shape index (κ2) is 7.43. The number of hydrogen-bond donors (Lipinski definition) is 2. The van der Waals surface area contributed by atoms with E-state index < -0.39 is 0 Å². The quantitative estimate of drug-likeness (QED) is 0.603. The molecule has 0 heterocycles. The minimum atomic E-state index is 0.112. The maximum Gasteiger partial charge on any atom is 0.220 e. The summed E-state index contributed by atoms with van der Waals surface area (Å²) in [6.07, 6.45) is 3.34. The van der Waals surface area contributed by atoms with Gasteiger partial charge in [0.15, 0.2) is 0 Å². The second-order valence-corrected chi connectivity index (χ2v) is 3.84. The number of amides is 1. The molecule has 0 saturated carbocycles. The first kappa shape index (κ1) is 11.8. The van der Waals surface area contributed by atoms with Crippen molar-refractivity contribution in [3.8, 4) is 0 Å². The minimum absolute atomic E-state index is 0.112. The van der Waals surface area contributed by atoms with Crippen molar-refractivity contribution in [3.63, 3.8) is 0 Å². The van der Waals surface area contributed by atoms with Crippen molar-refractivity contribution in [1.82, 2.24) is 5.32 Å². The molecule has 0 fully saturated rings. The van der Waals surface area contributed by atoms with Gasteiger partial charge in [-0.1, -0.05) is 0 Å². The highest BCUT2D eigenvalue weighted by Crippen LogP contribution is 1.93. The van der Waals surface area contributed by atoms with E-state index in [-0.39, 0.29) is 11.9 Å². The average molecular weight is 190 g/mol. The van der Waals surface area contributed by atoms with Crippen LogP contribution in [0.1, 0.15) is 19.8 Å². The van der Waals surface area contributed by atoms with Crippen LogP contribution in [-0.2, 0) is 4.79 Å². The molecule has 0 aromatic heterocycles. The first-order valence-electron chi connectivity index (χ1n) is 4.18. The monoisotopic (exact) mass is 190 g/mol. The van der Waals surface area contributed by atoms with Crippen molar-refractivity contribution >= 4 is 17.7 Å². The fourth-order valence-corrected chi connectivity index (χ4v) is 1.05. The van der Waals surface area contributed by atoms with Crippen molar-refractivity contribution in [1.29, 1.82) is 0 Å². The van der Waals surface area contributed by atoms with Crippen LogP contribution in [0, 0.1) is 0 Å². The molecule has 0 aromatic rings. The van der Waals surface area contributed by atoms with E-state index in [2.05, 4.69) is 5.32 Å². The van der Waals surface area contributed by atoms with Gasteiger partial charge >= 0.3 is 0 Å². The first-order valence-corrected chi connectivity index (χ1v) is 5.57. The maximum atomic E-state index is 11.0. The van der Waals surface area contributed by atoms with E-state index in [4.69, 9.17) is 5.73 Å². The molecular formula is C8H18N2OS. The SMILES string of the molecule is CSCCNC(=O)CCC(C)N. The maximum absolute atomic E-state index is 11.0. The van der Waals surface area contributed by atoms with Gasteiger partial charge in [0.05, 0.1) is 0 Å². The second-order valence-electron chi connectivity index (χ2n) is 2.86. The molecule has 0 saturated heterocycles. The highest BCUT2D eigenvalue weighted by atomic mass is 32.2. The van der Waals surface area contributed by atoms with Gasteiger partial charge in [-0.15, -0.1) is 0 Å². The lowest BCUT2D eigenvalue weighted by atomic mass is 10.2. The Kier molecular flexibility index (Phi) is 7.29. The molecule has 3 N–H and O–H groups in total. The smallest absolute Gasteiger partial charge is 0.220 e. The minimum Gasteiger partial charge on any atom is -0.355 e. The highest BCUT2D eigenvalue weighted by molar-refractivity contribution is 7.98. The van der Waals surface area contributed by atoms with Gasteiger partial charge in [0.2, 0.25) is 5.91 Å². The van der Waals surface area contributed by atoms with Gasteiger partial charge in [0, 0.05) is 24.8 Å². The lowest BCUT2D eigenvalue weighted by Crippen LogP contribution is -2.27. The van der Waals surface area contributed by atoms with Crippen LogP contribution in [-0.4, -0.2) is 30.5 Å². The molecular weight excluding hydrogens is 172 g/mol. The molecule has 0 rings (SSSR count). The van der Waals surface area contributed by atoms with Crippen molar-refractivity contribution < 1.29 is 4.79 Å². The number of thioether (sulfide) groups is 1. The van der Waals surface area contributed by atoms with Gasteiger partial charge in [-0.05, 0) is 19.6 Å². The van der Waals surface area contributed by atoms with Crippen molar-refractivity contribution in [3.05, 3.63) is 0 Å². The lowest BCUT2D eigenvalue weighted by Gasteiger charge is -2.05. The molecule has 0 aromatic carbocycles. The van der Waals surface area contributed by atoms with Crippen molar-refractivity contribution in [2.45, 2.75) is 25.8 Å². The number of nitrogens with two attached hydrogens (primary N) is 1. The third-order valence-corrected chi connectivity index (χ3v) is 2.07. The molecule has 0 aliphatic rings. The van der Waals surface area contributed by atoms with Crippen LogP contribution >= 0.6 is 11.8 Å². The summed E-state index contributed by atoms with van der Waals surface area (Å²) in [5.74, 6) is 1.09. The van der Waals surface area contributed by atoms with Crippen LogP contribution in [0.25, 0.3) is 0 Å². The topological polar surface area (TPSA) is 55.1 Å². The van der Waals surface area contributed by atoms with Crippen LogP contribution in [0.2, 0.25) is 0 Å². The Hall–Kier alpha value is -0.220. The van der Waals surface area contributed by atoms with E-state index in [1.807, 2.05) is 13.2 Å². The molecule has 0 spiro atoms. The molecule has 3 nitrogen and oxygen atoms in total. The predicted octanol–water partition coefficient (Wildman–Crippen LogP) is 0.593. The van der Waals surface area contributed by atoms with Gasteiger partial charge in [-0.3, -0.25) is 4.79 Å². The summed E-state index contributed by atoms with van der Waals surface area (Å²) in [4.78, 5) is 11.0. The van der Waals surface area contributed by atoms with E-state index in [1.54, 1.807) is 11.8 Å². The Bertz CT molecular complexity index is 128. The first-order chi connectivity index (χ1) is 5.66. The number of carbonyl (C=O) groups is 1. The molecule has 0 bridgehead atoms. The number of nitrogens with one attached hydrogen (secondary N) is 1. The Morgan fingerprint density at radius 1 is 1.67 bits per heavy atom. The molecule has 72 valence electrons. The van der Waals surface area contributed by atoms with Gasteiger partial charge in [0.25, 0.3) is 0 Å². The molecule has 0 aliphatic carbocycles. The number of hydrogen-bond acceptors (Lipinski definition) is 3. The van der Waals surface area contributed by atoms with Gasteiger partial charge < -0.3 is 11.1 Å². The molecule has 1 unspecified atom stereocenters. The van der Waals surface area contributed by atoms with Crippen LogP contribution in [0.15, 0.2) is 0 Å². The lowest BCUT2D eigenvalue weighted by molar-refractivity contribution is -0.121. The van der Waals surface area contributed by atoms with Crippen molar-refractivity contribution in [2.75, 3.05) is 18.6 Å². The van der Waals surface area contributed by atoms with E-state index >= 15 is 0 Å². The average Bonchev–Trinajstić information content (AvgIpc) is 2.01. The van der Waals surface area contributed by atoms with Crippen LogP contribution in [0.3, 0.4) is 0 Å². The molecule has 1 amide bonds. The Morgan fingerprint density at radius 3 is 2.83 bits per heavy atom. The van der Waals surface area contributed by atoms with Crippen LogP contribution in [0.5, 0.6) is 0 Å². The molecule has 12 heavy (non-hydrogen) atoms. The standard InChI is InChI=1S/C8H18N2OS/c1-7(9)3-4-8(11)10-5-6-12-2/h7H,3-6,9H2,1-2H3,(H,10,11). The zero-order valence-corrected chi connectivity index (χ0v) is 8.62. The summed E-state index contributed by atoms with van der Waals surface area (Å²) >= 11 is 1.73. The third-order valence-electron chi connectivity index (χ3n) is 1.46. The van der Waals surface area contributed by atoms with Gasteiger partial charge in [-0.25, -0.2) is 0 Å². The fourth-order valence-electron chi connectivity index (χ4n) is 0.740. The Balaban J connectivity index is 3.22. The normalized spacial score (nSPS) is 12.6. The summed E-state index contributed by atoms with van der Waals surface area (Å²) in [6, 6.07) is 0.122. The Labute approximate surface area is 78.5 Å². The molecule has 1 atom stereocenters. The molecule has 0 radical (unpaired) electrons. The molecule has 4 heteroatoms. The number of carbonyl (C=O) groups excluding carboxylic acids is 1. The predicted molar refractivity (Wildman–Crippen MR) is 54.3 cm³/mol. The van der Waals surface area contributed by atoms with Gasteiger partial charge in [0.1, 0.15) is 0 Å². The van der Waals surface area contributed by atoms with Crippen LogP contribution < -0.4 is 11.1 Å². The largest absolute Gasteiger partial charge is 0.355 e. The van der Waals surface area contributed by atoms with E-state index in [1.165, 1.54) is 0 Å². The molecule has 0 aliphatic heterocycles. The third kappa shape index (κ3) is 7.88. The van der Waals surface area contributed by atoms with E-state index in [9.17, 15) is 4.79 Å². The summed E-state index contributed by atoms with van der Waals surface area (Å²) in [7, 11) is 0. The van der Waals surface area contributed by atoms with Crippen molar-refractivity contribution in [2.24, 2.45) is 5.73 Å². The summed E-state index contributed by atoms with van der Waals surface area (Å²) in [5, 5.41) is 2.82. The summed E-state index contributed by atoms with van der Waals surface area (Å²) < 4.78 is 0. The van der Waals surface area contributed by atoms with Gasteiger partial charge in [-0.2, -0.15) is 11.8 Å². The fraction of sp³-hybridized carbons (Fsp3) is 0.875. The highest BCUT2D eigenvalue weighted by Gasteiger charge is 2.01. The van der Waals surface area contributed by atoms with E-state index in [0.29, 0.717) is 6.42 Å². The summed E-state index contributed by atoms with van der Waals surface area (Å²) in [5.41, 5.74) is 5.51. The zero-order valence-electron chi connectivity index (χ0n) is 7.80. The Morgan fingerprint density at radius 2 is 2.33 bits per heavy atom. The zero-order chi connectivity index (χ0) is 9.40. The van der Waals surface area contributed by atoms with Crippen LogP contribution in [0.4, 0.5) is 0 Å². The van der Waals surface area contributed by atoms with E-state index in [0.717, 1.165) is 18.7 Å².